The van der Waals surface area contributed by atoms with Crippen LogP contribution in [-0.2, 0) is 9.53 Å². The van der Waals surface area contributed by atoms with Crippen molar-refractivity contribution in [1.29, 1.82) is 0 Å². The molecular formula is C12H22N2O3. The van der Waals surface area contributed by atoms with Crippen LogP contribution in [0.1, 0.15) is 25.7 Å². The Bertz CT molecular complexity index is 250. The van der Waals surface area contributed by atoms with Gasteiger partial charge in [0.05, 0.1) is 19.3 Å². The summed E-state index contributed by atoms with van der Waals surface area (Å²) in [7, 11) is 0. The summed E-state index contributed by atoms with van der Waals surface area (Å²) in [6, 6.07) is 0.510. The molecular weight excluding hydrogens is 220 g/mol. The van der Waals surface area contributed by atoms with Crippen molar-refractivity contribution in [2.45, 2.75) is 37.8 Å². The molecule has 1 saturated heterocycles. The standard InChI is InChI=1S/C12H22N2O3/c15-6-5-14(10-3-4-10)9-12(16)13-8-11-2-1-7-17-11/h10-11,15H,1-9H2,(H,13,16). The third kappa shape index (κ3) is 4.26. The second kappa shape index (κ2) is 6.33. The van der Waals surface area contributed by atoms with E-state index < -0.39 is 0 Å². The predicted molar refractivity (Wildman–Crippen MR) is 63.7 cm³/mol. The second-order valence-electron chi connectivity index (χ2n) is 4.86. The molecule has 1 saturated carbocycles. The van der Waals surface area contributed by atoms with Gasteiger partial charge in [-0.25, -0.2) is 0 Å². The molecule has 2 aliphatic rings. The highest BCUT2D eigenvalue weighted by molar-refractivity contribution is 5.78. The zero-order valence-corrected chi connectivity index (χ0v) is 10.2. The first-order valence-electron chi connectivity index (χ1n) is 6.53. The summed E-state index contributed by atoms with van der Waals surface area (Å²) in [6.07, 6.45) is 4.65. The summed E-state index contributed by atoms with van der Waals surface area (Å²) in [5, 5.41) is 11.8. The molecule has 17 heavy (non-hydrogen) atoms. The van der Waals surface area contributed by atoms with Gasteiger partial charge in [0.2, 0.25) is 5.91 Å². The lowest BCUT2D eigenvalue weighted by Crippen LogP contribution is -2.42. The summed E-state index contributed by atoms with van der Waals surface area (Å²) in [5.41, 5.74) is 0. The Morgan fingerprint density at radius 2 is 2.24 bits per heavy atom. The average Bonchev–Trinajstić information content (AvgIpc) is 3.03. The fraction of sp³-hybridized carbons (Fsp3) is 0.917. The summed E-state index contributed by atoms with van der Waals surface area (Å²) in [5.74, 6) is 0.0425. The van der Waals surface area contributed by atoms with E-state index in [1.807, 2.05) is 0 Å². The van der Waals surface area contributed by atoms with Crippen molar-refractivity contribution >= 4 is 5.91 Å². The molecule has 1 atom stereocenters. The molecule has 1 amide bonds. The zero-order valence-electron chi connectivity index (χ0n) is 10.2. The lowest BCUT2D eigenvalue weighted by Gasteiger charge is -2.20. The summed E-state index contributed by atoms with van der Waals surface area (Å²) >= 11 is 0. The van der Waals surface area contributed by atoms with Crippen LogP contribution < -0.4 is 5.32 Å². The molecule has 1 unspecified atom stereocenters. The molecule has 5 heteroatoms. The van der Waals surface area contributed by atoms with Crippen molar-refractivity contribution in [3.63, 3.8) is 0 Å². The van der Waals surface area contributed by atoms with Crippen LogP contribution in [0.5, 0.6) is 0 Å². The van der Waals surface area contributed by atoms with E-state index in [-0.39, 0.29) is 18.6 Å². The molecule has 2 rings (SSSR count). The quantitative estimate of drug-likeness (QED) is 0.645. The minimum atomic E-state index is 0.0425. The van der Waals surface area contributed by atoms with Crippen molar-refractivity contribution in [2.24, 2.45) is 0 Å². The molecule has 2 fully saturated rings. The van der Waals surface area contributed by atoms with Gasteiger partial charge in [0.1, 0.15) is 0 Å². The fourth-order valence-electron chi connectivity index (χ4n) is 2.23. The van der Waals surface area contributed by atoms with Crippen LogP contribution in [-0.4, -0.2) is 60.9 Å². The smallest absolute Gasteiger partial charge is 0.234 e. The lowest BCUT2D eigenvalue weighted by molar-refractivity contribution is -0.123. The van der Waals surface area contributed by atoms with E-state index in [9.17, 15) is 4.79 Å². The number of rotatable bonds is 7. The van der Waals surface area contributed by atoms with Crippen molar-refractivity contribution in [2.75, 3.05) is 32.8 Å². The molecule has 1 aliphatic heterocycles. The highest BCUT2D eigenvalue weighted by Crippen LogP contribution is 2.25. The monoisotopic (exact) mass is 242 g/mol. The van der Waals surface area contributed by atoms with Crippen LogP contribution in [0.4, 0.5) is 0 Å². The minimum Gasteiger partial charge on any atom is -0.395 e. The highest BCUT2D eigenvalue weighted by atomic mass is 16.5. The third-order valence-corrected chi connectivity index (χ3v) is 3.35. The first kappa shape index (κ1) is 12.8. The first-order valence-corrected chi connectivity index (χ1v) is 6.53. The Hall–Kier alpha value is -0.650. The Morgan fingerprint density at radius 1 is 1.41 bits per heavy atom. The van der Waals surface area contributed by atoms with Gasteiger partial charge in [0.25, 0.3) is 0 Å². The van der Waals surface area contributed by atoms with E-state index >= 15 is 0 Å². The van der Waals surface area contributed by atoms with E-state index in [0.717, 1.165) is 32.3 Å². The highest BCUT2D eigenvalue weighted by Gasteiger charge is 2.29. The number of amides is 1. The maximum Gasteiger partial charge on any atom is 0.234 e. The SMILES string of the molecule is O=C(CN(CCO)C1CC1)NCC1CCCO1. The summed E-state index contributed by atoms with van der Waals surface area (Å²) in [6.45, 7) is 2.56. The molecule has 0 aromatic rings. The topological polar surface area (TPSA) is 61.8 Å². The largest absolute Gasteiger partial charge is 0.395 e. The van der Waals surface area contributed by atoms with Crippen molar-refractivity contribution < 1.29 is 14.6 Å². The number of carbonyl (C=O) groups is 1. The molecule has 1 heterocycles. The Labute approximate surface area is 102 Å². The summed E-state index contributed by atoms with van der Waals surface area (Å²) in [4.78, 5) is 13.8. The number of aliphatic hydroxyl groups is 1. The van der Waals surface area contributed by atoms with Gasteiger partial charge in [0.15, 0.2) is 0 Å². The number of hydrogen-bond donors (Lipinski definition) is 2. The van der Waals surface area contributed by atoms with Gasteiger partial charge in [-0.1, -0.05) is 0 Å². The lowest BCUT2D eigenvalue weighted by atomic mass is 10.2. The van der Waals surface area contributed by atoms with E-state index in [0.29, 0.717) is 25.7 Å². The minimum absolute atomic E-state index is 0.0425. The van der Waals surface area contributed by atoms with Crippen LogP contribution in [0.2, 0.25) is 0 Å². The molecule has 5 nitrogen and oxygen atoms in total. The molecule has 1 aliphatic carbocycles. The normalized spacial score (nSPS) is 24.2. The number of carbonyl (C=O) groups excluding carboxylic acids is 1. The van der Waals surface area contributed by atoms with E-state index in [2.05, 4.69) is 10.2 Å². The predicted octanol–water partition coefficient (Wildman–Crippen LogP) is -0.262. The van der Waals surface area contributed by atoms with Gasteiger partial charge in [-0.15, -0.1) is 0 Å². The van der Waals surface area contributed by atoms with Crippen LogP contribution in [0.25, 0.3) is 0 Å². The van der Waals surface area contributed by atoms with Crippen molar-refractivity contribution in [3.05, 3.63) is 0 Å². The molecule has 0 radical (unpaired) electrons. The zero-order chi connectivity index (χ0) is 12.1. The van der Waals surface area contributed by atoms with E-state index in [1.165, 1.54) is 0 Å². The number of nitrogens with one attached hydrogen (secondary N) is 1. The Balaban J connectivity index is 1.64. The Morgan fingerprint density at radius 3 is 2.82 bits per heavy atom. The van der Waals surface area contributed by atoms with Gasteiger partial charge in [0, 0.05) is 25.7 Å². The van der Waals surface area contributed by atoms with Crippen LogP contribution in [0.3, 0.4) is 0 Å². The van der Waals surface area contributed by atoms with E-state index in [4.69, 9.17) is 9.84 Å². The molecule has 0 spiro atoms. The average molecular weight is 242 g/mol. The number of ether oxygens (including phenoxy) is 1. The molecule has 0 aromatic heterocycles. The second-order valence-corrected chi connectivity index (χ2v) is 4.86. The van der Waals surface area contributed by atoms with Crippen LogP contribution in [0.15, 0.2) is 0 Å². The molecule has 2 N–H and O–H groups in total. The van der Waals surface area contributed by atoms with Crippen molar-refractivity contribution in [3.8, 4) is 0 Å². The van der Waals surface area contributed by atoms with E-state index in [1.54, 1.807) is 0 Å². The Kier molecular flexibility index (Phi) is 4.76. The van der Waals surface area contributed by atoms with Crippen LogP contribution >= 0.6 is 0 Å². The van der Waals surface area contributed by atoms with Crippen molar-refractivity contribution in [1.82, 2.24) is 10.2 Å². The third-order valence-electron chi connectivity index (χ3n) is 3.35. The van der Waals surface area contributed by atoms with Gasteiger partial charge >= 0.3 is 0 Å². The van der Waals surface area contributed by atoms with Gasteiger partial charge in [-0.2, -0.15) is 0 Å². The van der Waals surface area contributed by atoms with Gasteiger partial charge < -0.3 is 15.2 Å². The van der Waals surface area contributed by atoms with Gasteiger partial charge in [-0.05, 0) is 25.7 Å². The fourth-order valence-corrected chi connectivity index (χ4v) is 2.23. The maximum absolute atomic E-state index is 11.7. The molecule has 0 bridgehead atoms. The maximum atomic E-state index is 11.7. The van der Waals surface area contributed by atoms with Gasteiger partial charge in [-0.3, -0.25) is 9.69 Å². The number of hydrogen-bond acceptors (Lipinski definition) is 4. The molecule has 98 valence electrons. The molecule has 0 aromatic carbocycles. The first-order chi connectivity index (χ1) is 8.29. The van der Waals surface area contributed by atoms with Crippen LogP contribution in [0, 0.1) is 0 Å². The summed E-state index contributed by atoms with van der Waals surface area (Å²) < 4.78 is 5.45. The number of aliphatic hydroxyl groups excluding tert-OH is 1. The number of nitrogens with zero attached hydrogens (tertiary/aromatic N) is 1.